The molecule has 3 N–H and O–H groups in total. The molecule has 36 heavy (non-hydrogen) atoms. The summed E-state index contributed by atoms with van der Waals surface area (Å²) in [6.07, 6.45) is 0. The summed E-state index contributed by atoms with van der Waals surface area (Å²) in [4.78, 5) is 30.4. The van der Waals surface area contributed by atoms with E-state index in [0.717, 1.165) is 16.8 Å². The predicted molar refractivity (Wildman–Crippen MR) is 145 cm³/mol. The summed E-state index contributed by atoms with van der Waals surface area (Å²) in [5.41, 5.74) is 11.4. The van der Waals surface area contributed by atoms with E-state index in [2.05, 4.69) is 5.32 Å². The summed E-state index contributed by atoms with van der Waals surface area (Å²) >= 11 is 0. The molecule has 5 rings (SSSR count). The molecule has 6 nitrogen and oxygen atoms in total. The lowest BCUT2D eigenvalue weighted by molar-refractivity contribution is -0.112. The summed E-state index contributed by atoms with van der Waals surface area (Å²) in [6.45, 7) is 0.449. The number of rotatable bonds is 5. The fraction of sp³-hybridized carbons (Fsp3) is 0.0667. The minimum absolute atomic E-state index is 0.381. The summed E-state index contributed by atoms with van der Waals surface area (Å²) in [5.74, 6) is -0.381. The van der Waals surface area contributed by atoms with E-state index in [1.54, 1.807) is 13.1 Å². The lowest BCUT2D eigenvalue weighted by Crippen LogP contribution is -2.43. The maximum Gasteiger partial charge on any atom is 0.335 e. The maximum absolute atomic E-state index is 14.0. The van der Waals surface area contributed by atoms with Gasteiger partial charge in [0.05, 0.1) is 17.0 Å². The number of benzene rings is 4. The molecule has 1 aliphatic heterocycles. The zero-order chi connectivity index (χ0) is 25.1. The molecule has 1 heterocycles. The van der Waals surface area contributed by atoms with Crippen molar-refractivity contribution in [1.82, 2.24) is 0 Å². The van der Waals surface area contributed by atoms with Gasteiger partial charge in [0, 0.05) is 30.5 Å². The molecule has 0 atom stereocenters. The second kappa shape index (κ2) is 9.90. The summed E-state index contributed by atoms with van der Waals surface area (Å²) in [7, 11) is 1.67. The van der Waals surface area contributed by atoms with Crippen molar-refractivity contribution < 1.29 is 9.59 Å². The van der Waals surface area contributed by atoms with Gasteiger partial charge in [-0.1, -0.05) is 78.9 Å². The number of nitrogens with one attached hydrogen (secondary N) is 1. The van der Waals surface area contributed by atoms with Gasteiger partial charge in [-0.05, 0) is 41.5 Å². The smallest absolute Gasteiger partial charge is 0.335 e. The topological polar surface area (TPSA) is 78.7 Å². The van der Waals surface area contributed by atoms with E-state index in [4.69, 9.17) is 5.73 Å². The van der Waals surface area contributed by atoms with Gasteiger partial charge in [0.1, 0.15) is 0 Å². The number of nitrogens with two attached hydrogens (primary N) is 1. The number of hydrogen-bond donors (Lipinski definition) is 2. The van der Waals surface area contributed by atoms with Crippen LogP contribution in [0.2, 0.25) is 0 Å². The number of urea groups is 1. The molecule has 0 saturated heterocycles. The average Bonchev–Trinajstić information content (AvgIpc) is 3.23. The van der Waals surface area contributed by atoms with Crippen LogP contribution in [0.25, 0.3) is 11.3 Å². The van der Waals surface area contributed by atoms with Crippen molar-refractivity contribution in [2.24, 2.45) is 5.73 Å². The Hall–Kier alpha value is -4.68. The maximum atomic E-state index is 14.0. The Kier molecular flexibility index (Phi) is 6.34. The van der Waals surface area contributed by atoms with Gasteiger partial charge in [-0.3, -0.25) is 9.69 Å². The molecule has 0 radical (unpaired) electrons. The van der Waals surface area contributed by atoms with Gasteiger partial charge >= 0.3 is 6.03 Å². The molecule has 4 aromatic rings. The van der Waals surface area contributed by atoms with Crippen LogP contribution < -0.4 is 20.9 Å². The van der Waals surface area contributed by atoms with Gasteiger partial charge in [0.15, 0.2) is 0 Å². The molecule has 3 amide bonds. The van der Waals surface area contributed by atoms with Crippen molar-refractivity contribution in [3.63, 3.8) is 0 Å². The predicted octanol–water partition coefficient (Wildman–Crippen LogP) is 5.73. The number of anilines is 3. The first-order chi connectivity index (χ1) is 17.6. The largest absolute Gasteiger partial charge is 0.354 e. The highest BCUT2D eigenvalue weighted by atomic mass is 16.2. The number of carbonyl (C=O) groups excluding carboxylic acids is 2. The molecule has 0 aromatic heterocycles. The van der Waals surface area contributed by atoms with Crippen LogP contribution in [0.1, 0.15) is 16.7 Å². The zero-order valence-corrected chi connectivity index (χ0v) is 19.9. The number of carbonyl (C=O) groups is 2. The highest BCUT2D eigenvalue weighted by Crippen LogP contribution is 2.41. The number of nitrogens with zero attached hydrogens (tertiary/aromatic N) is 2. The van der Waals surface area contributed by atoms with Gasteiger partial charge in [-0.2, -0.15) is 0 Å². The van der Waals surface area contributed by atoms with Crippen LogP contribution in [0.5, 0.6) is 0 Å². The molecule has 0 aliphatic carbocycles. The monoisotopic (exact) mass is 474 g/mol. The number of imide groups is 1. The second-order valence-corrected chi connectivity index (χ2v) is 8.48. The number of amides is 3. The summed E-state index contributed by atoms with van der Waals surface area (Å²) in [5, 5.41) is 3.45. The number of hydrogen-bond acceptors (Lipinski definition) is 4. The van der Waals surface area contributed by atoms with Gasteiger partial charge in [-0.25, -0.2) is 9.69 Å². The van der Waals surface area contributed by atoms with E-state index in [0.29, 0.717) is 34.8 Å². The Balaban J connectivity index is 1.63. The van der Waals surface area contributed by atoms with Crippen LogP contribution in [-0.2, 0) is 11.3 Å². The van der Waals surface area contributed by atoms with Gasteiger partial charge in [0.2, 0.25) is 0 Å². The highest BCUT2D eigenvalue weighted by Gasteiger charge is 2.40. The van der Waals surface area contributed by atoms with Crippen molar-refractivity contribution in [1.29, 1.82) is 0 Å². The van der Waals surface area contributed by atoms with Crippen LogP contribution in [0.4, 0.5) is 21.9 Å². The molecule has 4 aromatic carbocycles. The van der Waals surface area contributed by atoms with Gasteiger partial charge in [0.25, 0.3) is 5.91 Å². The van der Waals surface area contributed by atoms with Crippen molar-refractivity contribution in [2.45, 2.75) is 6.54 Å². The average molecular weight is 475 g/mol. The van der Waals surface area contributed by atoms with Crippen molar-refractivity contribution in [3.05, 3.63) is 126 Å². The van der Waals surface area contributed by atoms with Crippen molar-refractivity contribution in [3.8, 4) is 0 Å². The molecule has 0 bridgehead atoms. The zero-order valence-electron chi connectivity index (χ0n) is 19.9. The molecule has 178 valence electrons. The Morgan fingerprint density at radius 2 is 1.44 bits per heavy atom. The lowest BCUT2D eigenvalue weighted by atomic mass is 10.00. The standard InChI is InChI=1S/C30H26N4O2/c1-33(24-12-6-3-7-13-24)30(36)34-26-15-9-8-14-25(26)27(29(34)35)28(22-10-4-2-5-11-22)32-23-18-16-21(20-31)17-19-23/h2-19,32H,20,31H2,1H3. The Bertz CT molecular complexity index is 1430. The van der Waals surface area contributed by atoms with Gasteiger partial charge in [-0.15, -0.1) is 0 Å². The normalized spacial score (nSPS) is 13.8. The van der Waals surface area contributed by atoms with E-state index in [9.17, 15) is 9.59 Å². The van der Waals surface area contributed by atoms with Crippen LogP contribution in [0, 0.1) is 0 Å². The third kappa shape index (κ3) is 4.26. The molecule has 0 spiro atoms. The lowest BCUT2D eigenvalue weighted by Gasteiger charge is -2.24. The minimum atomic E-state index is -0.423. The third-order valence-electron chi connectivity index (χ3n) is 6.22. The fourth-order valence-electron chi connectivity index (χ4n) is 4.31. The molecular formula is C30H26N4O2. The van der Waals surface area contributed by atoms with E-state index in [-0.39, 0.29) is 5.91 Å². The number of para-hydroxylation sites is 2. The Morgan fingerprint density at radius 1 is 0.833 bits per heavy atom. The molecule has 6 heteroatoms. The Morgan fingerprint density at radius 3 is 2.11 bits per heavy atom. The molecule has 0 fully saturated rings. The molecular weight excluding hydrogens is 448 g/mol. The molecule has 1 aliphatic rings. The van der Waals surface area contributed by atoms with Crippen LogP contribution in [0.15, 0.2) is 109 Å². The van der Waals surface area contributed by atoms with E-state index < -0.39 is 6.03 Å². The van der Waals surface area contributed by atoms with Crippen LogP contribution >= 0.6 is 0 Å². The first-order valence-corrected chi connectivity index (χ1v) is 11.7. The second-order valence-electron chi connectivity index (χ2n) is 8.48. The molecule has 0 unspecified atom stereocenters. The highest BCUT2D eigenvalue weighted by molar-refractivity contribution is 6.44. The van der Waals surface area contributed by atoms with Crippen molar-refractivity contribution in [2.75, 3.05) is 22.2 Å². The first kappa shape index (κ1) is 23.1. The first-order valence-electron chi connectivity index (χ1n) is 11.7. The van der Waals surface area contributed by atoms with Crippen molar-refractivity contribution >= 4 is 40.3 Å². The van der Waals surface area contributed by atoms with E-state index >= 15 is 0 Å². The Labute approximate surface area is 210 Å². The fourth-order valence-corrected chi connectivity index (χ4v) is 4.31. The summed E-state index contributed by atoms with van der Waals surface area (Å²) in [6, 6.07) is 33.7. The summed E-state index contributed by atoms with van der Waals surface area (Å²) < 4.78 is 0. The van der Waals surface area contributed by atoms with E-state index in [1.807, 2.05) is 103 Å². The van der Waals surface area contributed by atoms with E-state index in [1.165, 1.54) is 9.80 Å². The SMILES string of the molecule is CN(C(=O)N1C(=O)C(=C(Nc2ccc(CN)cc2)c2ccccc2)c2ccccc21)c1ccccc1. The van der Waals surface area contributed by atoms with Crippen LogP contribution in [0.3, 0.4) is 0 Å². The third-order valence-corrected chi connectivity index (χ3v) is 6.22. The quantitative estimate of drug-likeness (QED) is 0.362. The molecule has 0 saturated carbocycles. The minimum Gasteiger partial charge on any atom is -0.354 e. The number of fused-ring (bicyclic) bond motifs is 1. The van der Waals surface area contributed by atoms with Gasteiger partial charge < -0.3 is 11.1 Å². The van der Waals surface area contributed by atoms with Crippen LogP contribution in [-0.4, -0.2) is 19.0 Å².